The van der Waals surface area contributed by atoms with E-state index in [1.165, 1.54) is 25.9 Å². The summed E-state index contributed by atoms with van der Waals surface area (Å²) in [5.74, 6) is 1.39. The number of nitrogens with one attached hydrogen (secondary N) is 1. The number of benzene rings is 1. The quantitative estimate of drug-likeness (QED) is 0.360. The van der Waals surface area contributed by atoms with Crippen molar-refractivity contribution >= 4 is 23.1 Å². The predicted molar refractivity (Wildman–Crippen MR) is 127 cm³/mol. The maximum Gasteiger partial charge on any atom is 0.293 e. The van der Waals surface area contributed by atoms with Crippen LogP contribution in [-0.2, 0) is 20.7 Å². The van der Waals surface area contributed by atoms with Crippen molar-refractivity contribution in [3.63, 3.8) is 0 Å². The van der Waals surface area contributed by atoms with E-state index in [2.05, 4.69) is 10.2 Å². The van der Waals surface area contributed by atoms with Gasteiger partial charge in [0.15, 0.2) is 11.5 Å². The minimum Gasteiger partial charge on any atom is -0.493 e. The molecule has 1 fully saturated rings. The fourth-order valence-corrected chi connectivity index (χ4v) is 4.86. The lowest BCUT2D eigenvalue weighted by Gasteiger charge is -2.20. The fourth-order valence-electron chi connectivity index (χ4n) is 4.86. The van der Waals surface area contributed by atoms with Gasteiger partial charge in [0.05, 0.1) is 30.6 Å². The van der Waals surface area contributed by atoms with Gasteiger partial charge in [0, 0.05) is 43.8 Å². The van der Waals surface area contributed by atoms with Crippen LogP contribution in [0.2, 0.25) is 0 Å². The molecule has 0 amide bonds. The van der Waals surface area contributed by atoms with E-state index in [1.807, 2.05) is 12.1 Å². The Morgan fingerprint density at radius 2 is 2.00 bits per heavy atom. The van der Waals surface area contributed by atoms with E-state index >= 15 is 0 Å². The Balaban J connectivity index is 1.59. The van der Waals surface area contributed by atoms with Crippen molar-refractivity contribution in [3.05, 3.63) is 23.4 Å². The monoisotopic (exact) mass is 457 g/mol. The summed E-state index contributed by atoms with van der Waals surface area (Å²) >= 11 is 0. The van der Waals surface area contributed by atoms with Crippen LogP contribution in [0.15, 0.2) is 12.1 Å². The average molecular weight is 458 g/mol. The van der Waals surface area contributed by atoms with E-state index in [1.54, 1.807) is 14.2 Å². The highest BCUT2D eigenvalue weighted by atomic mass is 16.5. The Morgan fingerprint density at radius 3 is 2.76 bits per heavy atom. The largest absolute Gasteiger partial charge is 0.493 e. The number of nitrogens with zero attached hydrogens (tertiary/aromatic N) is 2. The third kappa shape index (κ3) is 5.50. The molecule has 1 aliphatic heterocycles. The number of aryl methyl sites for hydroxylation is 1. The molecular weight excluding hydrogens is 422 g/mol. The molecule has 180 valence electrons. The molecule has 8 nitrogen and oxygen atoms in total. The average Bonchev–Trinajstić information content (AvgIpc) is 3.49. The zero-order valence-electron chi connectivity index (χ0n) is 19.7. The molecular formula is C25H35N3O5. The number of pyridine rings is 1. The molecule has 2 heterocycles. The van der Waals surface area contributed by atoms with Crippen LogP contribution in [0.5, 0.6) is 11.5 Å². The van der Waals surface area contributed by atoms with Crippen molar-refractivity contribution in [1.29, 1.82) is 0 Å². The number of hydrogen-bond donors (Lipinski definition) is 1. The summed E-state index contributed by atoms with van der Waals surface area (Å²) in [5, 5.41) is 4.49. The van der Waals surface area contributed by atoms with Crippen molar-refractivity contribution in [2.75, 3.05) is 58.9 Å². The summed E-state index contributed by atoms with van der Waals surface area (Å²) < 4.78 is 22.4. The summed E-state index contributed by atoms with van der Waals surface area (Å²) in [5.41, 5.74) is 3.74. The number of carbonyl (C=O) groups is 1. The summed E-state index contributed by atoms with van der Waals surface area (Å²) in [6, 6.07) is 3.95. The first-order chi connectivity index (χ1) is 16.2. The smallest absolute Gasteiger partial charge is 0.293 e. The van der Waals surface area contributed by atoms with Gasteiger partial charge in [0.25, 0.3) is 6.47 Å². The number of methoxy groups -OCH3 is 2. The number of fused-ring (bicyclic) bond motifs is 2. The number of rotatable bonds is 13. The van der Waals surface area contributed by atoms with Gasteiger partial charge in [0.2, 0.25) is 0 Å². The van der Waals surface area contributed by atoms with Gasteiger partial charge in [-0.3, -0.25) is 9.78 Å². The number of hydrogen-bond acceptors (Lipinski definition) is 8. The molecule has 0 saturated carbocycles. The van der Waals surface area contributed by atoms with Crippen molar-refractivity contribution in [2.45, 2.75) is 44.6 Å². The van der Waals surface area contributed by atoms with Crippen molar-refractivity contribution in [1.82, 2.24) is 9.88 Å². The van der Waals surface area contributed by atoms with Crippen LogP contribution < -0.4 is 14.8 Å². The van der Waals surface area contributed by atoms with Gasteiger partial charge in [-0.05, 0) is 57.7 Å². The van der Waals surface area contributed by atoms with Crippen molar-refractivity contribution in [2.24, 2.45) is 0 Å². The van der Waals surface area contributed by atoms with E-state index in [9.17, 15) is 4.79 Å². The zero-order chi connectivity index (χ0) is 23.0. The molecule has 4 rings (SSSR count). The van der Waals surface area contributed by atoms with E-state index in [-0.39, 0.29) is 6.10 Å². The number of aromatic nitrogens is 1. The molecule has 33 heavy (non-hydrogen) atoms. The molecule has 0 radical (unpaired) electrons. The minimum absolute atomic E-state index is 0.285. The molecule has 1 atom stereocenters. The van der Waals surface area contributed by atoms with Crippen LogP contribution in [0.25, 0.3) is 10.9 Å². The van der Waals surface area contributed by atoms with Crippen LogP contribution in [0, 0.1) is 0 Å². The zero-order valence-corrected chi connectivity index (χ0v) is 19.7. The molecule has 1 aromatic carbocycles. The molecule has 0 spiro atoms. The molecule has 8 heteroatoms. The van der Waals surface area contributed by atoms with Gasteiger partial charge in [-0.25, -0.2) is 0 Å². The fraction of sp³-hybridized carbons (Fsp3) is 0.600. The first-order valence-electron chi connectivity index (χ1n) is 12.0. The topological polar surface area (TPSA) is 82.2 Å². The molecule has 2 aliphatic rings. The summed E-state index contributed by atoms with van der Waals surface area (Å²) in [6.45, 7) is 6.04. The Labute approximate surface area is 195 Å². The highest BCUT2D eigenvalue weighted by Crippen LogP contribution is 2.44. The number of carbonyl (C=O) groups excluding carboxylic acids is 1. The third-order valence-electron chi connectivity index (χ3n) is 6.47. The molecule has 2 aromatic rings. The number of ether oxygens (including phenoxy) is 4. The molecule has 1 saturated heterocycles. The maximum absolute atomic E-state index is 11.1. The second kappa shape index (κ2) is 11.5. The molecule has 1 aliphatic carbocycles. The Hall–Kier alpha value is -2.58. The lowest BCUT2D eigenvalue weighted by Crippen LogP contribution is -2.21. The second-order valence-electron chi connectivity index (χ2n) is 8.65. The highest BCUT2D eigenvalue weighted by Gasteiger charge is 2.30. The number of likely N-dealkylation sites (tertiary alicyclic amines) is 1. The summed E-state index contributed by atoms with van der Waals surface area (Å²) in [4.78, 5) is 18.5. The van der Waals surface area contributed by atoms with Gasteiger partial charge < -0.3 is 29.2 Å². The minimum atomic E-state index is -0.285. The second-order valence-corrected chi connectivity index (χ2v) is 8.65. The van der Waals surface area contributed by atoms with E-state index in [0.717, 1.165) is 66.6 Å². The molecule has 0 bridgehead atoms. The van der Waals surface area contributed by atoms with Crippen molar-refractivity contribution in [3.8, 4) is 11.5 Å². The molecule has 1 aromatic heterocycles. The first-order valence-corrected chi connectivity index (χ1v) is 12.0. The van der Waals surface area contributed by atoms with Gasteiger partial charge in [-0.2, -0.15) is 0 Å². The van der Waals surface area contributed by atoms with Crippen LogP contribution in [0.1, 0.15) is 49.5 Å². The Morgan fingerprint density at radius 1 is 1.15 bits per heavy atom. The van der Waals surface area contributed by atoms with Crippen LogP contribution >= 0.6 is 0 Å². The lowest BCUT2D eigenvalue weighted by molar-refractivity contribution is -0.133. The highest BCUT2D eigenvalue weighted by molar-refractivity contribution is 5.96. The number of anilines is 1. The van der Waals surface area contributed by atoms with Crippen LogP contribution in [-0.4, -0.2) is 70.0 Å². The summed E-state index contributed by atoms with van der Waals surface area (Å²) in [6.07, 6.45) is 5.67. The van der Waals surface area contributed by atoms with Crippen LogP contribution in [0.3, 0.4) is 0 Å². The third-order valence-corrected chi connectivity index (χ3v) is 6.47. The Kier molecular flexibility index (Phi) is 8.23. The van der Waals surface area contributed by atoms with Gasteiger partial charge >= 0.3 is 0 Å². The summed E-state index contributed by atoms with van der Waals surface area (Å²) in [7, 11) is 3.36. The standard InChI is InChI=1S/C25H35N3O5/c1-30-13-5-9-26-25-18-15-22(31-2)23(32-14-6-12-28-10-3-4-11-28)16-20(18)27-19-7-8-21(24(19)25)33-17-29/h15-17,21H,3-14H2,1-2H3,(H,26,27). The van der Waals surface area contributed by atoms with Gasteiger partial charge in [-0.1, -0.05) is 0 Å². The van der Waals surface area contributed by atoms with Gasteiger partial charge in [0.1, 0.15) is 6.10 Å². The Bertz CT molecular complexity index is 946. The van der Waals surface area contributed by atoms with Crippen molar-refractivity contribution < 1.29 is 23.7 Å². The first kappa shape index (κ1) is 23.6. The predicted octanol–water partition coefficient (Wildman–Crippen LogP) is 3.72. The van der Waals surface area contributed by atoms with Gasteiger partial charge in [-0.15, -0.1) is 0 Å². The SMILES string of the molecule is COCCCNc1c2c(nc3cc(OCCCN4CCCC4)c(OC)cc13)CCC2OC=O. The van der Waals surface area contributed by atoms with Crippen LogP contribution in [0.4, 0.5) is 5.69 Å². The maximum atomic E-state index is 11.1. The molecule has 1 N–H and O–H groups in total. The normalized spacial score (nSPS) is 17.8. The van der Waals surface area contributed by atoms with E-state index in [0.29, 0.717) is 31.2 Å². The van der Waals surface area contributed by atoms with E-state index in [4.69, 9.17) is 23.9 Å². The lowest BCUT2D eigenvalue weighted by atomic mass is 10.0. The molecule has 1 unspecified atom stereocenters. The van der Waals surface area contributed by atoms with E-state index < -0.39 is 0 Å².